The maximum atomic E-state index is 12.8. The number of benzene rings is 1. The number of ether oxygens (including phenoxy) is 2. The molecule has 2 aliphatic heterocycles. The molecule has 25 heavy (non-hydrogen) atoms. The van der Waals surface area contributed by atoms with Crippen LogP contribution < -0.4 is 10.1 Å². The number of amides is 2. The van der Waals surface area contributed by atoms with E-state index in [4.69, 9.17) is 9.47 Å². The molecular formula is C19H29N3O3. The maximum Gasteiger partial charge on any atom is 0.322 e. The standard InChI is InChI=1S/C19H29N3O3/c1-15(2)25-18-8-4-3-7-17(18)20-19(23)22-9-5-6-16(22)14-21-10-12-24-13-11-21/h3-4,7-8,15-16H,5-6,9-14H2,1-2H3,(H,20,23). The van der Waals surface area contributed by atoms with Crippen LogP contribution in [0.15, 0.2) is 24.3 Å². The molecule has 2 amide bonds. The third-order valence-electron chi connectivity index (χ3n) is 4.70. The molecule has 6 heteroatoms. The molecule has 3 rings (SSSR count). The summed E-state index contributed by atoms with van der Waals surface area (Å²) in [6, 6.07) is 7.86. The minimum Gasteiger partial charge on any atom is -0.489 e. The quantitative estimate of drug-likeness (QED) is 0.890. The Kier molecular flexibility index (Phi) is 6.15. The molecule has 0 saturated carbocycles. The number of rotatable bonds is 5. The maximum absolute atomic E-state index is 12.8. The van der Waals surface area contributed by atoms with Crippen LogP contribution in [0, 0.1) is 0 Å². The smallest absolute Gasteiger partial charge is 0.322 e. The minimum atomic E-state index is -0.0319. The van der Waals surface area contributed by atoms with Crippen molar-refractivity contribution in [1.82, 2.24) is 9.80 Å². The molecule has 1 N–H and O–H groups in total. The second kappa shape index (κ2) is 8.54. The van der Waals surface area contributed by atoms with Gasteiger partial charge >= 0.3 is 6.03 Å². The van der Waals surface area contributed by atoms with Crippen LogP contribution in [-0.2, 0) is 4.74 Å². The Bertz CT molecular complexity index is 573. The van der Waals surface area contributed by atoms with Crippen LogP contribution in [0.2, 0.25) is 0 Å². The Labute approximate surface area is 150 Å². The number of carbonyl (C=O) groups is 1. The molecule has 2 heterocycles. The van der Waals surface area contributed by atoms with Crippen molar-refractivity contribution in [2.45, 2.75) is 38.8 Å². The summed E-state index contributed by atoms with van der Waals surface area (Å²) < 4.78 is 11.2. The largest absolute Gasteiger partial charge is 0.489 e. The number of carbonyl (C=O) groups excluding carboxylic acids is 1. The fourth-order valence-electron chi connectivity index (χ4n) is 3.49. The summed E-state index contributed by atoms with van der Waals surface area (Å²) in [6.07, 6.45) is 2.19. The molecule has 6 nitrogen and oxygen atoms in total. The molecule has 0 spiro atoms. The molecule has 1 unspecified atom stereocenters. The third kappa shape index (κ3) is 4.86. The SMILES string of the molecule is CC(C)Oc1ccccc1NC(=O)N1CCCC1CN1CCOCC1. The summed E-state index contributed by atoms with van der Waals surface area (Å²) in [5.41, 5.74) is 0.734. The molecule has 2 fully saturated rings. The predicted octanol–water partition coefficient (Wildman–Crippen LogP) is 2.80. The number of anilines is 1. The van der Waals surface area contributed by atoms with Gasteiger partial charge in [-0.25, -0.2) is 4.79 Å². The average Bonchev–Trinajstić information content (AvgIpc) is 3.05. The van der Waals surface area contributed by atoms with Crippen LogP contribution in [0.1, 0.15) is 26.7 Å². The molecule has 0 bridgehead atoms. The van der Waals surface area contributed by atoms with Crippen molar-refractivity contribution in [2.75, 3.05) is 44.7 Å². The van der Waals surface area contributed by atoms with Gasteiger partial charge in [0.15, 0.2) is 0 Å². The Morgan fingerprint density at radius 1 is 1.28 bits per heavy atom. The van der Waals surface area contributed by atoms with Crippen LogP contribution in [0.25, 0.3) is 0 Å². The summed E-state index contributed by atoms with van der Waals surface area (Å²) in [5, 5.41) is 3.04. The van der Waals surface area contributed by atoms with Crippen LogP contribution in [0.5, 0.6) is 5.75 Å². The molecule has 2 aliphatic rings. The lowest BCUT2D eigenvalue weighted by molar-refractivity contribution is 0.0296. The van der Waals surface area contributed by atoms with E-state index in [0.717, 1.165) is 63.7 Å². The van der Waals surface area contributed by atoms with Crippen LogP contribution >= 0.6 is 0 Å². The average molecular weight is 347 g/mol. The lowest BCUT2D eigenvalue weighted by Crippen LogP contribution is -2.47. The highest BCUT2D eigenvalue weighted by atomic mass is 16.5. The van der Waals surface area contributed by atoms with E-state index >= 15 is 0 Å². The number of hydrogen-bond donors (Lipinski definition) is 1. The van der Waals surface area contributed by atoms with E-state index in [9.17, 15) is 4.79 Å². The van der Waals surface area contributed by atoms with Gasteiger partial charge < -0.3 is 19.7 Å². The van der Waals surface area contributed by atoms with E-state index in [0.29, 0.717) is 0 Å². The first-order chi connectivity index (χ1) is 12.1. The molecule has 1 atom stereocenters. The highest BCUT2D eigenvalue weighted by molar-refractivity contribution is 5.91. The van der Waals surface area contributed by atoms with Crippen LogP contribution in [0.4, 0.5) is 10.5 Å². The topological polar surface area (TPSA) is 54.0 Å². The van der Waals surface area contributed by atoms with Crippen LogP contribution in [0.3, 0.4) is 0 Å². The van der Waals surface area contributed by atoms with E-state index in [-0.39, 0.29) is 18.2 Å². The molecule has 0 aliphatic carbocycles. The first-order valence-corrected chi connectivity index (χ1v) is 9.27. The zero-order valence-corrected chi connectivity index (χ0v) is 15.2. The number of urea groups is 1. The van der Waals surface area contributed by atoms with Gasteiger partial charge in [0.2, 0.25) is 0 Å². The Morgan fingerprint density at radius 2 is 2.04 bits per heavy atom. The Morgan fingerprint density at radius 3 is 2.80 bits per heavy atom. The van der Waals surface area contributed by atoms with Gasteiger partial charge in [-0.15, -0.1) is 0 Å². The fourth-order valence-corrected chi connectivity index (χ4v) is 3.49. The van der Waals surface area contributed by atoms with Crippen LogP contribution in [-0.4, -0.2) is 67.4 Å². The number of nitrogens with one attached hydrogen (secondary N) is 1. The number of para-hydroxylation sites is 2. The number of nitrogens with zero attached hydrogens (tertiary/aromatic N) is 2. The van der Waals surface area contributed by atoms with Crippen molar-refractivity contribution >= 4 is 11.7 Å². The summed E-state index contributed by atoms with van der Waals surface area (Å²) in [4.78, 5) is 17.2. The molecule has 1 aromatic rings. The summed E-state index contributed by atoms with van der Waals surface area (Å²) in [7, 11) is 0. The normalized spacial score (nSPS) is 21.6. The van der Waals surface area contributed by atoms with Crippen molar-refractivity contribution in [2.24, 2.45) is 0 Å². The summed E-state index contributed by atoms with van der Waals surface area (Å²) >= 11 is 0. The summed E-state index contributed by atoms with van der Waals surface area (Å²) in [6.45, 7) is 9.20. The van der Waals surface area contributed by atoms with Crippen molar-refractivity contribution in [1.29, 1.82) is 0 Å². The number of morpholine rings is 1. The molecule has 1 aromatic carbocycles. The fraction of sp³-hybridized carbons (Fsp3) is 0.632. The van der Waals surface area contributed by atoms with Gasteiger partial charge in [-0.2, -0.15) is 0 Å². The van der Waals surface area contributed by atoms with Gasteiger partial charge in [-0.05, 0) is 38.8 Å². The monoisotopic (exact) mass is 347 g/mol. The van der Waals surface area contributed by atoms with Gasteiger partial charge in [0.25, 0.3) is 0 Å². The highest BCUT2D eigenvalue weighted by Gasteiger charge is 2.31. The van der Waals surface area contributed by atoms with Crippen molar-refractivity contribution < 1.29 is 14.3 Å². The van der Waals surface area contributed by atoms with E-state index in [2.05, 4.69) is 10.2 Å². The van der Waals surface area contributed by atoms with E-state index in [1.54, 1.807) is 0 Å². The summed E-state index contributed by atoms with van der Waals surface area (Å²) in [5.74, 6) is 0.717. The molecule has 138 valence electrons. The molecular weight excluding hydrogens is 318 g/mol. The zero-order valence-electron chi connectivity index (χ0n) is 15.2. The number of hydrogen-bond acceptors (Lipinski definition) is 4. The van der Waals surface area contributed by atoms with Crippen molar-refractivity contribution in [3.05, 3.63) is 24.3 Å². The van der Waals surface area contributed by atoms with Gasteiger partial charge in [-0.3, -0.25) is 4.90 Å². The van der Waals surface area contributed by atoms with Crippen molar-refractivity contribution in [3.8, 4) is 5.75 Å². The first-order valence-electron chi connectivity index (χ1n) is 9.27. The van der Waals surface area contributed by atoms with Crippen molar-refractivity contribution in [3.63, 3.8) is 0 Å². The first kappa shape index (κ1) is 18.0. The second-order valence-electron chi connectivity index (χ2n) is 7.00. The van der Waals surface area contributed by atoms with E-state index in [1.807, 2.05) is 43.0 Å². The minimum absolute atomic E-state index is 0.0319. The van der Waals surface area contributed by atoms with Gasteiger partial charge in [0, 0.05) is 32.2 Å². The molecule has 2 saturated heterocycles. The van der Waals surface area contributed by atoms with Gasteiger partial charge in [-0.1, -0.05) is 12.1 Å². The molecule has 0 radical (unpaired) electrons. The van der Waals surface area contributed by atoms with Gasteiger partial charge in [0.1, 0.15) is 5.75 Å². The highest BCUT2D eigenvalue weighted by Crippen LogP contribution is 2.27. The second-order valence-corrected chi connectivity index (χ2v) is 7.00. The lowest BCUT2D eigenvalue weighted by atomic mass is 10.2. The van der Waals surface area contributed by atoms with E-state index in [1.165, 1.54) is 0 Å². The predicted molar refractivity (Wildman–Crippen MR) is 98.2 cm³/mol. The third-order valence-corrected chi connectivity index (χ3v) is 4.70. The number of likely N-dealkylation sites (tertiary alicyclic amines) is 1. The molecule has 0 aromatic heterocycles. The van der Waals surface area contributed by atoms with E-state index < -0.39 is 0 Å². The Balaban J connectivity index is 1.62. The lowest BCUT2D eigenvalue weighted by Gasteiger charge is -2.33. The van der Waals surface area contributed by atoms with Gasteiger partial charge in [0.05, 0.1) is 25.0 Å². The Hall–Kier alpha value is -1.79. The zero-order chi connectivity index (χ0) is 17.6.